The van der Waals surface area contributed by atoms with Crippen LogP contribution in [0.3, 0.4) is 0 Å². The van der Waals surface area contributed by atoms with E-state index in [1.54, 1.807) is 0 Å². The minimum absolute atomic E-state index is 0.172. The second kappa shape index (κ2) is 6.23. The van der Waals surface area contributed by atoms with Crippen molar-refractivity contribution in [1.29, 1.82) is 0 Å². The van der Waals surface area contributed by atoms with E-state index in [4.69, 9.17) is 14.7 Å². The van der Waals surface area contributed by atoms with Crippen molar-refractivity contribution in [2.75, 3.05) is 6.61 Å². The van der Waals surface area contributed by atoms with Gasteiger partial charge in [-0.1, -0.05) is 6.58 Å². The highest BCUT2D eigenvalue weighted by molar-refractivity contribution is 5.91. The van der Waals surface area contributed by atoms with E-state index in [9.17, 15) is 20.1 Å². The van der Waals surface area contributed by atoms with Gasteiger partial charge in [0, 0.05) is 5.57 Å². The van der Waals surface area contributed by atoms with Crippen molar-refractivity contribution >= 4 is 5.91 Å². The van der Waals surface area contributed by atoms with Gasteiger partial charge < -0.3 is 25.2 Å². The van der Waals surface area contributed by atoms with Gasteiger partial charge in [0.15, 0.2) is 6.29 Å². The van der Waals surface area contributed by atoms with E-state index in [0.29, 0.717) is 0 Å². The Bertz CT molecular complexity index is 321. The van der Waals surface area contributed by atoms with Crippen molar-refractivity contribution < 1.29 is 34.8 Å². The number of aliphatic hydroxyl groups is 4. The summed E-state index contributed by atoms with van der Waals surface area (Å²) in [6.07, 6.45) is -7.03. The van der Waals surface area contributed by atoms with Crippen molar-refractivity contribution in [3.63, 3.8) is 0 Å². The maximum Gasteiger partial charge on any atom is 0.269 e. The third kappa shape index (κ3) is 3.25. The molecule has 5 atom stereocenters. The number of carbonyl (C=O) groups is 1. The third-order valence-corrected chi connectivity index (χ3v) is 2.52. The molecule has 0 radical (unpaired) electrons. The van der Waals surface area contributed by atoms with Gasteiger partial charge in [-0.3, -0.25) is 9.63 Å². The van der Waals surface area contributed by atoms with Gasteiger partial charge in [0.2, 0.25) is 0 Å². The first-order chi connectivity index (χ1) is 8.38. The number of hydroxylamine groups is 1. The molecule has 18 heavy (non-hydrogen) atoms. The summed E-state index contributed by atoms with van der Waals surface area (Å²) in [6.45, 7) is 4.25. The Labute approximate surface area is 103 Å². The Balaban J connectivity index is 2.65. The Morgan fingerprint density at radius 3 is 2.50 bits per heavy atom. The molecule has 1 heterocycles. The predicted molar refractivity (Wildman–Crippen MR) is 57.8 cm³/mol. The molecule has 0 aliphatic carbocycles. The third-order valence-electron chi connectivity index (χ3n) is 2.52. The maximum absolute atomic E-state index is 11.2. The van der Waals surface area contributed by atoms with Crippen LogP contribution in [0.4, 0.5) is 0 Å². The molecule has 1 unspecified atom stereocenters. The van der Waals surface area contributed by atoms with Crippen LogP contribution in [0.1, 0.15) is 6.92 Å². The highest BCUT2D eigenvalue weighted by Crippen LogP contribution is 2.21. The topological polar surface area (TPSA) is 128 Å². The maximum atomic E-state index is 11.2. The molecule has 1 amide bonds. The normalized spacial score (nSPS) is 36.2. The number of aliphatic hydroxyl groups excluding tert-OH is 4. The fourth-order valence-corrected chi connectivity index (χ4v) is 1.42. The molecule has 5 N–H and O–H groups in total. The molecule has 0 aromatic rings. The largest absolute Gasteiger partial charge is 0.394 e. The van der Waals surface area contributed by atoms with E-state index in [0.717, 1.165) is 0 Å². The van der Waals surface area contributed by atoms with E-state index in [2.05, 4.69) is 6.58 Å². The first-order valence-corrected chi connectivity index (χ1v) is 5.30. The van der Waals surface area contributed by atoms with Crippen LogP contribution in [0.25, 0.3) is 0 Å². The first-order valence-electron chi connectivity index (χ1n) is 5.30. The van der Waals surface area contributed by atoms with E-state index in [-0.39, 0.29) is 5.57 Å². The molecule has 1 fully saturated rings. The summed E-state index contributed by atoms with van der Waals surface area (Å²) in [5.74, 6) is -0.629. The SMILES string of the molecule is C=C(C)C(=O)NO[C@H]1[C@H](O)[C@@H](CO)OC(O)[C@@H]1O. The molecule has 0 saturated carbocycles. The van der Waals surface area contributed by atoms with E-state index >= 15 is 0 Å². The van der Waals surface area contributed by atoms with Crippen LogP contribution in [0.2, 0.25) is 0 Å². The summed E-state index contributed by atoms with van der Waals surface area (Å²) in [7, 11) is 0. The van der Waals surface area contributed by atoms with Crippen LogP contribution < -0.4 is 5.48 Å². The Morgan fingerprint density at radius 2 is 2.00 bits per heavy atom. The molecule has 1 rings (SSSR count). The molecular formula is C10H17NO7. The highest BCUT2D eigenvalue weighted by Gasteiger charge is 2.45. The van der Waals surface area contributed by atoms with Crippen LogP contribution in [-0.4, -0.2) is 63.6 Å². The van der Waals surface area contributed by atoms with E-state index < -0.39 is 43.2 Å². The van der Waals surface area contributed by atoms with Crippen LogP contribution in [0.15, 0.2) is 12.2 Å². The second-order valence-corrected chi connectivity index (χ2v) is 4.02. The van der Waals surface area contributed by atoms with Crippen molar-refractivity contribution in [3.05, 3.63) is 12.2 Å². The Morgan fingerprint density at radius 1 is 1.39 bits per heavy atom. The van der Waals surface area contributed by atoms with Crippen molar-refractivity contribution in [1.82, 2.24) is 5.48 Å². The average molecular weight is 263 g/mol. The van der Waals surface area contributed by atoms with Crippen LogP contribution in [-0.2, 0) is 14.4 Å². The van der Waals surface area contributed by atoms with Crippen LogP contribution in [0, 0.1) is 0 Å². The summed E-state index contributed by atoms with van der Waals surface area (Å²) >= 11 is 0. The molecule has 8 heteroatoms. The lowest BCUT2D eigenvalue weighted by Gasteiger charge is -2.39. The quantitative estimate of drug-likeness (QED) is 0.278. The Kier molecular flexibility index (Phi) is 5.20. The number of hydrogen-bond acceptors (Lipinski definition) is 7. The van der Waals surface area contributed by atoms with Gasteiger partial charge in [-0.05, 0) is 6.92 Å². The molecule has 1 aliphatic heterocycles. The van der Waals surface area contributed by atoms with Gasteiger partial charge >= 0.3 is 0 Å². The second-order valence-electron chi connectivity index (χ2n) is 4.02. The van der Waals surface area contributed by atoms with Crippen molar-refractivity contribution in [2.45, 2.75) is 37.6 Å². The molecular weight excluding hydrogens is 246 g/mol. The highest BCUT2D eigenvalue weighted by atomic mass is 16.7. The van der Waals surface area contributed by atoms with Crippen molar-refractivity contribution in [3.8, 4) is 0 Å². The summed E-state index contributed by atoms with van der Waals surface area (Å²) < 4.78 is 4.74. The molecule has 0 bridgehead atoms. The minimum Gasteiger partial charge on any atom is -0.394 e. The fraction of sp³-hybridized carbons (Fsp3) is 0.700. The van der Waals surface area contributed by atoms with Gasteiger partial charge in [0.25, 0.3) is 5.91 Å². The number of hydrogen-bond donors (Lipinski definition) is 5. The lowest BCUT2D eigenvalue weighted by Crippen LogP contribution is -2.60. The van der Waals surface area contributed by atoms with E-state index in [1.807, 2.05) is 5.48 Å². The Hall–Kier alpha value is -1.03. The zero-order valence-electron chi connectivity index (χ0n) is 9.81. The number of nitrogens with one attached hydrogen (secondary N) is 1. The summed E-state index contributed by atoms with van der Waals surface area (Å²) in [5.41, 5.74) is 2.14. The molecule has 0 aromatic heterocycles. The summed E-state index contributed by atoms with van der Waals surface area (Å²) in [6, 6.07) is 0. The van der Waals surface area contributed by atoms with Gasteiger partial charge in [0.05, 0.1) is 6.61 Å². The predicted octanol–water partition coefficient (Wildman–Crippen LogP) is -2.59. The van der Waals surface area contributed by atoms with Gasteiger partial charge in [-0.15, -0.1) is 0 Å². The first kappa shape index (κ1) is 15.0. The number of rotatable bonds is 4. The summed E-state index contributed by atoms with van der Waals surface area (Å²) in [5, 5.41) is 37.5. The monoisotopic (exact) mass is 263 g/mol. The fourth-order valence-electron chi connectivity index (χ4n) is 1.42. The minimum atomic E-state index is -1.63. The van der Waals surface area contributed by atoms with Crippen molar-refractivity contribution in [2.24, 2.45) is 0 Å². The number of ether oxygens (including phenoxy) is 1. The smallest absolute Gasteiger partial charge is 0.269 e. The van der Waals surface area contributed by atoms with Crippen LogP contribution in [0.5, 0.6) is 0 Å². The average Bonchev–Trinajstić information content (AvgIpc) is 2.33. The van der Waals surface area contributed by atoms with Gasteiger partial charge in [-0.25, -0.2) is 5.48 Å². The zero-order valence-corrected chi connectivity index (χ0v) is 9.81. The van der Waals surface area contributed by atoms with Gasteiger partial charge in [-0.2, -0.15) is 0 Å². The molecule has 0 spiro atoms. The summed E-state index contributed by atoms with van der Waals surface area (Å²) in [4.78, 5) is 16.0. The lowest BCUT2D eigenvalue weighted by atomic mass is 9.99. The lowest BCUT2D eigenvalue weighted by molar-refractivity contribution is -0.301. The number of amides is 1. The van der Waals surface area contributed by atoms with Gasteiger partial charge in [0.1, 0.15) is 24.4 Å². The number of carbonyl (C=O) groups excluding carboxylic acids is 1. The molecule has 104 valence electrons. The molecule has 1 saturated heterocycles. The molecule has 1 aliphatic rings. The van der Waals surface area contributed by atoms with Crippen LogP contribution >= 0.6 is 0 Å². The molecule has 8 nitrogen and oxygen atoms in total. The standard InChI is InChI=1S/C10H17NO7/c1-4(2)9(15)11-18-8-6(13)5(3-12)17-10(16)7(8)14/h5-8,10,12-14,16H,1,3H2,2H3,(H,11,15)/t5-,6-,7-,8+,10?/m1/s1. The van der Waals surface area contributed by atoms with E-state index in [1.165, 1.54) is 6.92 Å². The molecule has 0 aromatic carbocycles. The zero-order chi connectivity index (χ0) is 13.9.